The van der Waals surface area contributed by atoms with Crippen molar-refractivity contribution in [2.45, 2.75) is 32.6 Å². The Bertz CT molecular complexity index is 419. The SMILES string of the molecule is CCCCCc1[se]c2nccn2c1I. The van der Waals surface area contributed by atoms with Crippen LogP contribution in [0.3, 0.4) is 0 Å². The van der Waals surface area contributed by atoms with Crippen LogP contribution >= 0.6 is 22.6 Å². The molecule has 0 fully saturated rings. The zero-order valence-electron chi connectivity index (χ0n) is 8.16. The van der Waals surface area contributed by atoms with Crippen molar-refractivity contribution in [2.24, 2.45) is 0 Å². The first-order valence-corrected chi connectivity index (χ1v) is 7.72. The Morgan fingerprint density at radius 3 is 3.07 bits per heavy atom. The predicted octanol–water partition coefficient (Wildman–Crippen LogP) is 2.73. The number of imidazole rings is 1. The van der Waals surface area contributed by atoms with Crippen molar-refractivity contribution in [1.82, 2.24) is 9.38 Å². The van der Waals surface area contributed by atoms with Crippen LogP contribution < -0.4 is 0 Å². The Morgan fingerprint density at radius 1 is 1.50 bits per heavy atom. The standard InChI is InChI=1S/C10H13IN2Se/c1-2-3-4-5-8-9(11)13-7-6-12-10(13)14-8/h6-7H,2-5H2,1H3. The fraction of sp³-hybridized carbons (Fsp3) is 0.500. The van der Waals surface area contributed by atoms with E-state index in [-0.39, 0.29) is 0 Å². The summed E-state index contributed by atoms with van der Waals surface area (Å²) in [6.45, 7) is 2.25. The number of unbranched alkanes of at least 4 members (excludes halogenated alkanes) is 2. The first-order valence-electron chi connectivity index (χ1n) is 4.93. The van der Waals surface area contributed by atoms with Crippen molar-refractivity contribution in [3.05, 3.63) is 20.5 Å². The Hall–Kier alpha value is 0.199. The van der Waals surface area contributed by atoms with Crippen LogP contribution in [0.2, 0.25) is 0 Å². The molecule has 0 spiro atoms. The number of aryl methyl sites for hydroxylation is 1. The molecule has 0 aliphatic carbocycles. The molecule has 76 valence electrons. The van der Waals surface area contributed by atoms with Crippen LogP contribution in [0.15, 0.2) is 12.4 Å². The van der Waals surface area contributed by atoms with Gasteiger partial charge in [0, 0.05) is 0 Å². The summed E-state index contributed by atoms with van der Waals surface area (Å²) in [5, 5.41) is 0. The molecule has 2 nitrogen and oxygen atoms in total. The molecule has 2 aromatic heterocycles. The summed E-state index contributed by atoms with van der Waals surface area (Å²) in [7, 11) is 0. The van der Waals surface area contributed by atoms with Gasteiger partial charge in [-0.2, -0.15) is 0 Å². The molecule has 14 heavy (non-hydrogen) atoms. The van der Waals surface area contributed by atoms with E-state index < -0.39 is 0 Å². The molecule has 0 bridgehead atoms. The van der Waals surface area contributed by atoms with Crippen molar-refractivity contribution in [1.29, 1.82) is 0 Å². The third kappa shape index (κ3) is 2.07. The molecule has 0 amide bonds. The first kappa shape index (κ1) is 10.7. The number of halogens is 1. The summed E-state index contributed by atoms with van der Waals surface area (Å²) >= 11 is 2.95. The Balaban J connectivity index is 2.16. The minimum atomic E-state index is 0.494. The summed E-state index contributed by atoms with van der Waals surface area (Å²) in [6.07, 6.45) is 9.25. The average molecular weight is 367 g/mol. The number of rotatable bonds is 4. The van der Waals surface area contributed by atoms with Crippen molar-refractivity contribution in [3.8, 4) is 0 Å². The molecule has 4 heteroatoms. The monoisotopic (exact) mass is 368 g/mol. The molecule has 0 aliphatic heterocycles. The molecule has 0 aromatic carbocycles. The molecule has 0 N–H and O–H groups in total. The second kappa shape index (κ2) is 4.81. The van der Waals surface area contributed by atoms with Crippen LogP contribution in [0.5, 0.6) is 0 Å². The summed E-state index contributed by atoms with van der Waals surface area (Å²) in [5.74, 6) is 0. The van der Waals surface area contributed by atoms with Crippen LogP contribution in [0.4, 0.5) is 0 Å². The topological polar surface area (TPSA) is 17.3 Å². The number of nitrogens with zero attached hydrogens (tertiary/aromatic N) is 2. The fourth-order valence-corrected chi connectivity index (χ4v) is 5.22. The van der Waals surface area contributed by atoms with Crippen molar-refractivity contribution < 1.29 is 0 Å². The first-order chi connectivity index (χ1) is 6.83. The van der Waals surface area contributed by atoms with E-state index in [1.807, 2.05) is 6.20 Å². The van der Waals surface area contributed by atoms with E-state index in [1.54, 1.807) is 4.44 Å². The van der Waals surface area contributed by atoms with Gasteiger partial charge < -0.3 is 0 Å². The summed E-state index contributed by atoms with van der Waals surface area (Å²) in [5.41, 5.74) is 0. The molecule has 0 radical (unpaired) electrons. The molecule has 0 saturated carbocycles. The molecule has 0 saturated heterocycles. The van der Waals surface area contributed by atoms with Crippen LogP contribution in [-0.4, -0.2) is 23.9 Å². The van der Waals surface area contributed by atoms with Gasteiger partial charge in [-0.3, -0.25) is 0 Å². The third-order valence-electron chi connectivity index (χ3n) is 2.27. The average Bonchev–Trinajstić information content (AvgIpc) is 2.72. The van der Waals surface area contributed by atoms with Gasteiger partial charge in [0.15, 0.2) is 0 Å². The van der Waals surface area contributed by atoms with Gasteiger partial charge in [0.05, 0.1) is 0 Å². The normalized spacial score (nSPS) is 11.3. The van der Waals surface area contributed by atoms with Crippen LogP contribution in [0, 0.1) is 3.70 Å². The van der Waals surface area contributed by atoms with Gasteiger partial charge in [0.2, 0.25) is 0 Å². The number of fused-ring (bicyclic) bond motifs is 1. The molecule has 2 aromatic rings. The minimum absolute atomic E-state index is 0.494. The Morgan fingerprint density at radius 2 is 2.36 bits per heavy atom. The zero-order valence-corrected chi connectivity index (χ0v) is 12.0. The van der Waals surface area contributed by atoms with Crippen LogP contribution in [0.1, 0.15) is 30.6 Å². The van der Waals surface area contributed by atoms with E-state index >= 15 is 0 Å². The summed E-state index contributed by atoms with van der Waals surface area (Å²) < 4.78 is 6.55. The second-order valence-corrected chi connectivity index (χ2v) is 6.60. The van der Waals surface area contributed by atoms with Crippen LogP contribution in [0.25, 0.3) is 4.52 Å². The quantitative estimate of drug-likeness (QED) is 0.462. The molecular formula is C10H13IN2Se. The van der Waals surface area contributed by atoms with Crippen molar-refractivity contribution >= 4 is 41.6 Å². The number of hydrogen-bond donors (Lipinski definition) is 0. The van der Waals surface area contributed by atoms with E-state index in [0.29, 0.717) is 14.5 Å². The van der Waals surface area contributed by atoms with Crippen LogP contribution in [-0.2, 0) is 6.42 Å². The molecule has 0 atom stereocenters. The van der Waals surface area contributed by atoms with Gasteiger partial charge in [0.25, 0.3) is 0 Å². The van der Waals surface area contributed by atoms with E-state index in [2.05, 4.69) is 45.1 Å². The van der Waals surface area contributed by atoms with Gasteiger partial charge in [-0.05, 0) is 0 Å². The van der Waals surface area contributed by atoms with Gasteiger partial charge >= 0.3 is 104 Å². The van der Waals surface area contributed by atoms with E-state index in [4.69, 9.17) is 0 Å². The maximum atomic E-state index is 4.37. The molecule has 2 heterocycles. The number of aromatic nitrogens is 2. The van der Waals surface area contributed by atoms with E-state index in [0.717, 1.165) is 0 Å². The maximum absolute atomic E-state index is 4.37. The molecular weight excluding hydrogens is 354 g/mol. The third-order valence-corrected chi connectivity index (χ3v) is 6.63. The molecule has 0 aliphatic rings. The Labute approximate surface area is 104 Å². The Kier molecular flexibility index (Phi) is 3.68. The second-order valence-electron chi connectivity index (χ2n) is 3.35. The summed E-state index contributed by atoms with van der Waals surface area (Å²) in [6, 6.07) is 0. The van der Waals surface area contributed by atoms with E-state index in [1.165, 1.54) is 33.9 Å². The molecule has 0 unspecified atom stereocenters. The number of hydrogen-bond acceptors (Lipinski definition) is 1. The fourth-order valence-electron chi connectivity index (χ4n) is 1.49. The van der Waals surface area contributed by atoms with Gasteiger partial charge in [-0.15, -0.1) is 0 Å². The van der Waals surface area contributed by atoms with Gasteiger partial charge in [-0.1, -0.05) is 0 Å². The summed E-state index contributed by atoms with van der Waals surface area (Å²) in [4.78, 5) is 4.37. The zero-order chi connectivity index (χ0) is 9.97. The van der Waals surface area contributed by atoms with Crippen molar-refractivity contribution in [3.63, 3.8) is 0 Å². The van der Waals surface area contributed by atoms with E-state index in [9.17, 15) is 0 Å². The molecule has 2 rings (SSSR count). The van der Waals surface area contributed by atoms with Gasteiger partial charge in [0.1, 0.15) is 0 Å². The predicted molar refractivity (Wildman–Crippen MR) is 68.1 cm³/mol. The van der Waals surface area contributed by atoms with Crippen molar-refractivity contribution in [2.75, 3.05) is 0 Å². The van der Waals surface area contributed by atoms with Gasteiger partial charge in [-0.25, -0.2) is 0 Å².